The Balaban J connectivity index is 2.50. The molecule has 0 amide bonds. The third-order valence-corrected chi connectivity index (χ3v) is 3.07. The van der Waals surface area contributed by atoms with E-state index in [0.717, 1.165) is 40.8 Å². The summed E-state index contributed by atoms with van der Waals surface area (Å²) < 4.78 is 5.55. The molecule has 0 atom stereocenters. The summed E-state index contributed by atoms with van der Waals surface area (Å²) in [6, 6.07) is 7.96. The number of nitrogens with one attached hydrogen (secondary N) is 1. The zero-order valence-corrected chi connectivity index (χ0v) is 12.5. The second-order valence-corrected chi connectivity index (χ2v) is 4.58. The highest BCUT2D eigenvalue weighted by Gasteiger charge is 2.11. The molecule has 20 heavy (non-hydrogen) atoms. The normalized spacial score (nSPS) is 10.4. The monoisotopic (exact) mass is 271 g/mol. The van der Waals surface area contributed by atoms with Crippen molar-refractivity contribution >= 4 is 5.82 Å². The molecule has 0 saturated heterocycles. The van der Waals surface area contributed by atoms with E-state index in [1.165, 1.54) is 0 Å². The zero-order valence-electron chi connectivity index (χ0n) is 12.5. The van der Waals surface area contributed by atoms with Crippen LogP contribution in [0.2, 0.25) is 0 Å². The van der Waals surface area contributed by atoms with Crippen LogP contribution >= 0.6 is 0 Å². The van der Waals surface area contributed by atoms with E-state index in [-0.39, 0.29) is 0 Å². The van der Waals surface area contributed by atoms with Crippen molar-refractivity contribution in [1.29, 1.82) is 0 Å². The van der Waals surface area contributed by atoms with E-state index in [1.54, 1.807) is 0 Å². The van der Waals surface area contributed by atoms with Gasteiger partial charge in [0.1, 0.15) is 11.4 Å². The average Bonchev–Trinajstić information content (AvgIpc) is 2.43. The molecule has 0 bridgehead atoms. The minimum Gasteiger partial charge on any atom is -0.494 e. The van der Waals surface area contributed by atoms with Crippen LogP contribution in [0.1, 0.15) is 25.2 Å². The minimum absolute atomic E-state index is 0.655. The lowest BCUT2D eigenvalue weighted by Gasteiger charge is -2.12. The Morgan fingerprint density at radius 2 is 1.85 bits per heavy atom. The highest BCUT2D eigenvalue weighted by molar-refractivity contribution is 5.72. The van der Waals surface area contributed by atoms with E-state index in [4.69, 9.17) is 4.74 Å². The van der Waals surface area contributed by atoms with E-state index >= 15 is 0 Å². The summed E-state index contributed by atoms with van der Waals surface area (Å²) in [6.07, 6.45) is 0. The van der Waals surface area contributed by atoms with Crippen molar-refractivity contribution in [2.45, 2.75) is 27.7 Å². The highest BCUT2D eigenvalue weighted by atomic mass is 16.5. The van der Waals surface area contributed by atoms with Gasteiger partial charge in [0.25, 0.3) is 0 Å². The molecule has 4 heteroatoms. The molecule has 0 aliphatic heterocycles. The first-order valence-corrected chi connectivity index (χ1v) is 6.98. The Kier molecular flexibility index (Phi) is 4.56. The van der Waals surface area contributed by atoms with Crippen molar-refractivity contribution in [2.24, 2.45) is 0 Å². The number of anilines is 1. The Bertz CT molecular complexity index is 596. The number of aryl methyl sites for hydroxylation is 2. The van der Waals surface area contributed by atoms with Crippen molar-refractivity contribution in [2.75, 3.05) is 18.5 Å². The highest BCUT2D eigenvalue weighted by Crippen LogP contribution is 2.28. The molecule has 1 heterocycles. The van der Waals surface area contributed by atoms with Crippen LogP contribution in [0, 0.1) is 13.8 Å². The maximum Gasteiger partial charge on any atom is 0.152 e. The lowest BCUT2D eigenvalue weighted by molar-refractivity contribution is 0.340. The number of aromatic nitrogens is 2. The van der Waals surface area contributed by atoms with Gasteiger partial charge in [-0.15, -0.1) is 0 Å². The van der Waals surface area contributed by atoms with E-state index in [0.29, 0.717) is 6.61 Å². The van der Waals surface area contributed by atoms with Crippen LogP contribution in [0.3, 0.4) is 0 Å². The van der Waals surface area contributed by atoms with E-state index < -0.39 is 0 Å². The summed E-state index contributed by atoms with van der Waals surface area (Å²) >= 11 is 0. The van der Waals surface area contributed by atoms with Gasteiger partial charge in [0.15, 0.2) is 5.82 Å². The summed E-state index contributed by atoms with van der Waals surface area (Å²) in [4.78, 5) is 9.28. The van der Waals surface area contributed by atoms with Crippen LogP contribution in [0.5, 0.6) is 5.75 Å². The topological polar surface area (TPSA) is 47.0 Å². The van der Waals surface area contributed by atoms with E-state index in [2.05, 4.69) is 22.2 Å². The Hall–Kier alpha value is -2.10. The fourth-order valence-electron chi connectivity index (χ4n) is 1.99. The first-order chi connectivity index (χ1) is 9.65. The molecule has 106 valence electrons. The second-order valence-electron chi connectivity index (χ2n) is 4.58. The quantitative estimate of drug-likeness (QED) is 0.902. The van der Waals surface area contributed by atoms with Gasteiger partial charge in [-0.05, 0) is 39.8 Å². The number of benzene rings is 1. The van der Waals surface area contributed by atoms with Crippen LogP contribution in [0.4, 0.5) is 5.82 Å². The van der Waals surface area contributed by atoms with Crippen molar-refractivity contribution in [3.05, 3.63) is 35.7 Å². The molecule has 1 N–H and O–H groups in total. The fraction of sp³-hybridized carbons (Fsp3) is 0.375. The predicted octanol–water partition coefficient (Wildman–Crippen LogP) is 3.59. The summed E-state index contributed by atoms with van der Waals surface area (Å²) in [5.41, 5.74) is 3.79. The summed E-state index contributed by atoms with van der Waals surface area (Å²) in [6.45, 7) is 9.46. The molecule has 0 fully saturated rings. The Labute approximate surface area is 120 Å². The van der Waals surface area contributed by atoms with Crippen LogP contribution in [-0.2, 0) is 0 Å². The Morgan fingerprint density at radius 3 is 2.55 bits per heavy atom. The fourth-order valence-corrected chi connectivity index (χ4v) is 1.99. The third-order valence-electron chi connectivity index (χ3n) is 3.07. The molecular formula is C16H21N3O. The molecule has 2 aromatic rings. The third kappa shape index (κ3) is 3.07. The van der Waals surface area contributed by atoms with Gasteiger partial charge in [-0.1, -0.05) is 12.1 Å². The standard InChI is InChI=1S/C16H21N3O/c1-5-17-16-15(18-11(3)12(4)19-16)13-8-7-9-14(10-13)20-6-2/h7-10H,5-6H2,1-4H3,(H,17,19). The molecule has 4 nitrogen and oxygen atoms in total. The van der Waals surface area contributed by atoms with Gasteiger partial charge in [0, 0.05) is 12.1 Å². The maximum absolute atomic E-state index is 5.55. The van der Waals surface area contributed by atoms with Crippen LogP contribution < -0.4 is 10.1 Å². The number of nitrogens with zero attached hydrogens (tertiary/aromatic N) is 2. The van der Waals surface area contributed by atoms with Gasteiger partial charge in [-0.2, -0.15) is 0 Å². The SMILES string of the molecule is CCNc1nc(C)c(C)nc1-c1cccc(OCC)c1. The average molecular weight is 271 g/mol. The van der Waals surface area contributed by atoms with Gasteiger partial charge in [0.2, 0.25) is 0 Å². The van der Waals surface area contributed by atoms with Crippen molar-refractivity contribution in [3.63, 3.8) is 0 Å². The summed E-state index contributed by atoms with van der Waals surface area (Å²) in [7, 11) is 0. The molecule has 0 spiro atoms. The summed E-state index contributed by atoms with van der Waals surface area (Å²) in [5.74, 6) is 1.68. The van der Waals surface area contributed by atoms with Gasteiger partial charge in [-0.3, -0.25) is 0 Å². The van der Waals surface area contributed by atoms with Crippen LogP contribution in [0.15, 0.2) is 24.3 Å². The van der Waals surface area contributed by atoms with Gasteiger partial charge in [0.05, 0.1) is 18.0 Å². The van der Waals surface area contributed by atoms with E-state index in [1.807, 2.05) is 45.0 Å². The van der Waals surface area contributed by atoms with Gasteiger partial charge < -0.3 is 10.1 Å². The Morgan fingerprint density at radius 1 is 1.10 bits per heavy atom. The first-order valence-electron chi connectivity index (χ1n) is 6.98. The molecule has 0 aliphatic rings. The predicted molar refractivity (Wildman–Crippen MR) is 82.3 cm³/mol. The summed E-state index contributed by atoms with van der Waals surface area (Å²) in [5, 5.41) is 3.28. The molecule has 0 unspecified atom stereocenters. The lowest BCUT2D eigenvalue weighted by atomic mass is 10.1. The number of hydrogen-bond donors (Lipinski definition) is 1. The molecular weight excluding hydrogens is 250 g/mol. The minimum atomic E-state index is 0.655. The van der Waals surface area contributed by atoms with Gasteiger partial charge in [-0.25, -0.2) is 9.97 Å². The molecule has 0 radical (unpaired) electrons. The van der Waals surface area contributed by atoms with Crippen molar-refractivity contribution in [3.8, 4) is 17.0 Å². The lowest BCUT2D eigenvalue weighted by Crippen LogP contribution is -2.06. The number of hydrogen-bond acceptors (Lipinski definition) is 4. The van der Waals surface area contributed by atoms with Crippen molar-refractivity contribution in [1.82, 2.24) is 9.97 Å². The molecule has 2 rings (SSSR count). The molecule has 1 aromatic heterocycles. The largest absolute Gasteiger partial charge is 0.494 e. The van der Waals surface area contributed by atoms with Crippen molar-refractivity contribution < 1.29 is 4.74 Å². The zero-order chi connectivity index (χ0) is 14.5. The number of rotatable bonds is 5. The number of ether oxygens (including phenoxy) is 1. The smallest absolute Gasteiger partial charge is 0.152 e. The van der Waals surface area contributed by atoms with E-state index in [9.17, 15) is 0 Å². The molecule has 0 saturated carbocycles. The second kappa shape index (κ2) is 6.37. The maximum atomic E-state index is 5.55. The van der Waals surface area contributed by atoms with Crippen LogP contribution in [-0.4, -0.2) is 23.1 Å². The van der Waals surface area contributed by atoms with Crippen LogP contribution in [0.25, 0.3) is 11.3 Å². The molecule has 0 aliphatic carbocycles. The van der Waals surface area contributed by atoms with Gasteiger partial charge >= 0.3 is 0 Å². The molecule has 1 aromatic carbocycles. The first kappa shape index (κ1) is 14.3.